The Balaban J connectivity index is 1.66. The van der Waals surface area contributed by atoms with E-state index in [2.05, 4.69) is 25.9 Å². The van der Waals surface area contributed by atoms with E-state index in [4.69, 9.17) is 14.2 Å². The Hall–Kier alpha value is -4.72. The van der Waals surface area contributed by atoms with Gasteiger partial charge >= 0.3 is 12.0 Å². The van der Waals surface area contributed by atoms with Crippen LogP contribution in [0.3, 0.4) is 0 Å². The quantitative estimate of drug-likeness (QED) is 0.250. The molecule has 0 bridgehead atoms. The number of rotatable bonds is 11. The van der Waals surface area contributed by atoms with Gasteiger partial charge in [-0.25, -0.2) is 4.79 Å². The third kappa shape index (κ3) is 7.64. The Kier molecular flexibility index (Phi) is 9.75. The highest BCUT2D eigenvalue weighted by Crippen LogP contribution is 2.22. The van der Waals surface area contributed by atoms with Gasteiger partial charge in [-0.3, -0.25) is 14.4 Å². The van der Waals surface area contributed by atoms with E-state index in [-0.39, 0.29) is 46.2 Å². The van der Waals surface area contributed by atoms with Crippen molar-refractivity contribution >= 4 is 35.0 Å². The van der Waals surface area contributed by atoms with Crippen LogP contribution in [0.4, 0.5) is 0 Å². The Morgan fingerprint density at radius 1 is 0.974 bits per heavy atom. The minimum atomic E-state index is -1.23. The number of thiophene rings is 1. The highest BCUT2D eigenvalue weighted by atomic mass is 32.1. The van der Waals surface area contributed by atoms with Crippen LogP contribution in [0.5, 0.6) is 17.6 Å². The zero-order valence-electron chi connectivity index (χ0n) is 21.6. The standard InChI is InChI=1S/C25H27N5O8S/c1-13-8-18(22(33)26-11-14-6-5-7-15(31)9-14)39-20(13)23(34)28-17(24(35)37-3)12-27-21(32)16-10-19(36-2)30-25(29-16)38-4/h5-10,17,31H,11-12H2,1-4H3,(H,26,33)(H,27,32)(H,28,34)/t17-/m0/s1. The fraction of sp³-hybridized carbons (Fsp3) is 0.280. The second-order valence-electron chi connectivity index (χ2n) is 8.02. The molecule has 3 aromatic rings. The number of aryl methyl sites for hydroxylation is 1. The molecule has 0 saturated carbocycles. The Morgan fingerprint density at radius 2 is 1.74 bits per heavy atom. The van der Waals surface area contributed by atoms with Crippen LogP contribution in [0.25, 0.3) is 0 Å². The van der Waals surface area contributed by atoms with Crippen LogP contribution in [-0.4, -0.2) is 72.7 Å². The Morgan fingerprint density at radius 3 is 2.41 bits per heavy atom. The molecule has 1 atom stereocenters. The number of aromatic hydroxyl groups is 1. The van der Waals surface area contributed by atoms with Gasteiger partial charge in [0.25, 0.3) is 17.7 Å². The van der Waals surface area contributed by atoms with Gasteiger partial charge in [-0.15, -0.1) is 11.3 Å². The molecular weight excluding hydrogens is 530 g/mol. The monoisotopic (exact) mass is 557 g/mol. The normalized spacial score (nSPS) is 11.2. The zero-order valence-corrected chi connectivity index (χ0v) is 22.4. The lowest BCUT2D eigenvalue weighted by Gasteiger charge is -2.17. The topological polar surface area (TPSA) is 178 Å². The van der Waals surface area contributed by atoms with Crippen molar-refractivity contribution < 1.29 is 38.5 Å². The molecule has 3 amide bonds. The van der Waals surface area contributed by atoms with Gasteiger partial charge in [0.05, 0.1) is 31.1 Å². The lowest BCUT2D eigenvalue weighted by atomic mass is 10.2. The van der Waals surface area contributed by atoms with Gasteiger partial charge in [0.15, 0.2) is 0 Å². The molecule has 2 aromatic heterocycles. The van der Waals surface area contributed by atoms with Crippen molar-refractivity contribution in [1.82, 2.24) is 25.9 Å². The van der Waals surface area contributed by atoms with Gasteiger partial charge in [0, 0.05) is 19.2 Å². The van der Waals surface area contributed by atoms with Crippen LogP contribution in [0.15, 0.2) is 36.4 Å². The van der Waals surface area contributed by atoms with Crippen LogP contribution in [-0.2, 0) is 16.1 Å². The summed E-state index contributed by atoms with van der Waals surface area (Å²) in [6, 6.07) is 7.98. The largest absolute Gasteiger partial charge is 0.508 e. The summed E-state index contributed by atoms with van der Waals surface area (Å²) in [5.41, 5.74) is 1.15. The molecule has 1 aromatic carbocycles. The number of ether oxygens (including phenoxy) is 3. The second kappa shape index (κ2) is 13.2. The average molecular weight is 558 g/mol. The molecule has 4 N–H and O–H groups in total. The van der Waals surface area contributed by atoms with E-state index in [1.165, 1.54) is 32.4 Å². The minimum Gasteiger partial charge on any atom is -0.508 e. The number of hydrogen-bond donors (Lipinski definition) is 4. The smallest absolute Gasteiger partial charge is 0.330 e. The number of hydrogen-bond acceptors (Lipinski definition) is 11. The highest BCUT2D eigenvalue weighted by Gasteiger charge is 2.26. The van der Waals surface area contributed by atoms with E-state index in [9.17, 15) is 24.3 Å². The fourth-order valence-corrected chi connectivity index (χ4v) is 4.31. The Labute approximate surface area is 227 Å². The molecule has 206 valence electrons. The number of nitrogens with zero attached hydrogens (tertiary/aromatic N) is 2. The first-order chi connectivity index (χ1) is 18.6. The number of esters is 1. The van der Waals surface area contributed by atoms with Crippen LogP contribution >= 0.6 is 11.3 Å². The van der Waals surface area contributed by atoms with Crippen LogP contribution in [0, 0.1) is 6.92 Å². The first kappa shape index (κ1) is 28.8. The number of carbonyl (C=O) groups excluding carboxylic acids is 4. The van der Waals surface area contributed by atoms with Crippen LogP contribution in [0.2, 0.25) is 0 Å². The number of nitrogens with one attached hydrogen (secondary N) is 3. The van der Waals surface area contributed by atoms with Gasteiger partial charge in [-0.2, -0.15) is 9.97 Å². The van der Waals surface area contributed by atoms with Crippen molar-refractivity contribution in [3.8, 4) is 17.6 Å². The molecular formula is C25H27N5O8S. The summed E-state index contributed by atoms with van der Waals surface area (Å²) in [6.07, 6.45) is 0. The number of carbonyl (C=O) groups is 4. The molecule has 0 aliphatic carbocycles. The van der Waals surface area contributed by atoms with Gasteiger partial charge in [0.1, 0.15) is 17.5 Å². The van der Waals surface area contributed by atoms with E-state index >= 15 is 0 Å². The van der Waals surface area contributed by atoms with Gasteiger partial charge in [0.2, 0.25) is 5.88 Å². The van der Waals surface area contributed by atoms with Crippen molar-refractivity contribution in [2.24, 2.45) is 0 Å². The van der Waals surface area contributed by atoms with Crippen molar-refractivity contribution in [2.75, 3.05) is 27.9 Å². The SMILES string of the molecule is COC(=O)[C@H](CNC(=O)c1cc(OC)nc(OC)n1)NC(=O)c1sc(C(=O)NCc2cccc(O)c2)cc1C. The van der Waals surface area contributed by atoms with Gasteiger partial charge < -0.3 is 35.3 Å². The number of phenolic OH excluding ortho intramolecular Hbond substituents is 1. The van der Waals surface area contributed by atoms with Crippen molar-refractivity contribution in [2.45, 2.75) is 19.5 Å². The average Bonchev–Trinajstić information content (AvgIpc) is 3.34. The molecule has 0 spiro atoms. The van der Waals surface area contributed by atoms with Gasteiger partial charge in [-0.1, -0.05) is 12.1 Å². The molecule has 39 heavy (non-hydrogen) atoms. The summed E-state index contributed by atoms with van der Waals surface area (Å²) in [5.74, 6) is -2.31. The summed E-state index contributed by atoms with van der Waals surface area (Å²) in [6.45, 7) is 1.52. The molecule has 0 saturated heterocycles. The maximum Gasteiger partial charge on any atom is 0.330 e. The summed E-state index contributed by atoms with van der Waals surface area (Å²) in [4.78, 5) is 58.9. The first-order valence-electron chi connectivity index (χ1n) is 11.5. The summed E-state index contributed by atoms with van der Waals surface area (Å²) in [7, 11) is 3.84. The van der Waals surface area contributed by atoms with Crippen molar-refractivity contribution in [3.63, 3.8) is 0 Å². The predicted octanol–water partition coefficient (Wildman–Crippen LogP) is 1.20. The number of phenols is 1. The molecule has 0 aliphatic rings. The molecule has 13 nitrogen and oxygen atoms in total. The lowest BCUT2D eigenvalue weighted by molar-refractivity contribution is -0.142. The molecule has 2 heterocycles. The first-order valence-corrected chi connectivity index (χ1v) is 12.3. The number of methoxy groups -OCH3 is 3. The molecule has 3 rings (SSSR count). The molecule has 0 fully saturated rings. The van der Waals surface area contributed by atoms with E-state index < -0.39 is 29.7 Å². The summed E-state index contributed by atoms with van der Waals surface area (Å²) < 4.78 is 14.7. The number of aromatic nitrogens is 2. The predicted molar refractivity (Wildman–Crippen MR) is 139 cm³/mol. The molecule has 0 unspecified atom stereocenters. The summed E-state index contributed by atoms with van der Waals surface area (Å²) >= 11 is 0.947. The van der Waals surface area contributed by atoms with Crippen LogP contribution < -0.4 is 25.4 Å². The van der Waals surface area contributed by atoms with Crippen molar-refractivity contribution in [3.05, 3.63) is 63.0 Å². The molecule has 0 aliphatic heterocycles. The lowest BCUT2D eigenvalue weighted by Crippen LogP contribution is -2.49. The van der Waals surface area contributed by atoms with E-state index in [1.54, 1.807) is 25.1 Å². The summed E-state index contributed by atoms with van der Waals surface area (Å²) in [5, 5.41) is 17.3. The van der Waals surface area contributed by atoms with E-state index in [0.29, 0.717) is 11.1 Å². The highest BCUT2D eigenvalue weighted by molar-refractivity contribution is 7.16. The molecule has 14 heteroatoms. The number of amides is 3. The minimum absolute atomic E-state index is 0.0795. The van der Waals surface area contributed by atoms with Gasteiger partial charge in [-0.05, 0) is 36.2 Å². The van der Waals surface area contributed by atoms with E-state index in [0.717, 1.165) is 18.4 Å². The maximum absolute atomic E-state index is 13.0. The van der Waals surface area contributed by atoms with Crippen molar-refractivity contribution in [1.29, 1.82) is 0 Å². The fourth-order valence-electron chi connectivity index (χ4n) is 3.32. The third-order valence-electron chi connectivity index (χ3n) is 5.28. The maximum atomic E-state index is 13.0. The van der Waals surface area contributed by atoms with Crippen LogP contribution in [0.1, 0.15) is 41.0 Å². The second-order valence-corrected chi connectivity index (χ2v) is 9.07. The van der Waals surface area contributed by atoms with E-state index in [1.807, 2.05) is 0 Å². The Bertz CT molecular complexity index is 1350. The molecule has 0 radical (unpaired) electrons. The third-order valence-corrected chi connectivity index (χ3v) is 6.51. The zero-order chi connectivity index (χ0) is 28.5. The number of benzene rings is 1.